The van der Waals surface area contributed by atoms with Crippen LogP contribution in [0.2, 0.25) is 0 Å². The van der Waals surface area contributed by atoms with Crippen LogP contribution in [0.3, 0.4) is 0 Å². The molecule has 1 saturated heterocycles. The summed E-state index contributed by atoms with van der Waals surface area (Å²) in [4.78, 5) is 42.6. The van der Waals surface area contributed by atoms with Gasteiger partial charge >= 0.3 is 5.97 Å². The molecule has 9 heteroatoms. The molecule has 1 aliphatic rings. The van der Waals surface area contributed by atoms with Gasteiger partial charge in [-0.25, -0.2) is 9.78 Å². The van der Waals surface area contributed by atoms with Crippen LogP contribution in [0.25, 0.3) is 10.2 Å². The molecular weight excluding hydrogens is 322 g/mol. The first-order chi connectivity index (χ1) is 10.9. The molecule has 0 saturated carbocycles. The topological polar surface area (TPSA) is 102 Å². The molecule has 122 valence electrons. The van der Waals surface area contributed by atoms with Crippen LogP contribution in [0, 0.1) is 6.92 Å². The van der Waals surface area contributed by atoms with Crippen LogP contribution in [0.4, 0.5) is 0 Å². The second-order valence-electron chi connectivity index (χ2n) is 5.32. The number of carbonyl (C=O) groups excluding carboxylic acids is 1. The van der Waals surface area contributed by atoms with Crippen molar-refractivity contribution in [2.75, 3.05) is 19.8 Å². The number of carboxylic acids is 1. The summed E-state index contributed by atoms with van der Waals surface area (Å²) in [6.45, 7) is 2.14. The van der Waals surface area contributed by atoms with Gasteiger partial charge in [-0.3, -0.25) is 9.59 Å². The number of carboxylic acid groups (broad SMARTS) is 1. The molecule has 2 aromatic heterocycles. The number of hydrogen-bond acceptors (Lipinski definition) is 6. The lowest BCUT2D eigenvalue weighted by atomic mass is 10.1. The molecule has 0 spiro atoms. The highest BCUT2D eigenvalue weighted by atomic mass is 32.1. The third kappa shape index (κ3) is 2.51. The number of morpholine rings is 1. The Hall–Kier alpha value is -2.26. The number of amides is 1. The van der Waals surface area contributed by atoms with E-state index in [4.69, 9.17) is 4.74 Å². The van der Waals surface area contributed by atoms with Crippen LogP contribution in [0.15, 0.2) is 11.1 Å². The molecule has 2 aromatic rings. The number of hydrogen-bond donors (Lipinski definition) is 1. The van der Waals surface area contributed by atoms with Crippen molar-refractivity contribution in [1.82, 2.24) is 14.5 Å². The molecule has 1 aliphatic heterocycles. The summed E-state index contributed by atoms with van der Waals surface area (Å²) in [5.41, 5.74) is 0.318. The van der Waals surface area contributed by atoms with E-state index in [1.165, 1.54) is 15.8 Å². The van der Waals surface area contributed by atoms with Gasteiger partial charge in [0.2, 0.25) is 0 Å². The van der Waals surface area contributed by atoms with E-state index in [1.54, 1.807) is 14.0 Å². The van der Waals surface area contributed by atoms with E-state index in [1.807, 2.05) is 0 Å². The number of aromatic nitrogens is 2. The minimum atomic E-state index is -1.11. The Bertz CT molecular complexity index is 856. The molecular formula is C14H15N3O5S. The van der Waals surface area contributed by atoms with Crippen molar-refractivity contribution < 1.29 is 19.4 Å². The maximum atomic E-state index is 12.8. The van der Waals surface area contributed by atoms with Crippen molar-refractivity contribution in [3.05, 3.63) is 27.1 Å². The first-order valence-electron chi connectivity index (χ1n) is 6.98. The van der Waals surface area contributed by atoms with Gasteiger partial charge in [0.05, 0.1) is 29.8 Å². The second-order valence-corrected chi connectivity index (χ2v) is 6.32. The summed E-state index contributed by atoms with van der Waals surface area (Å²) in [5, 5.41) is 9.66. The Morgan fingerprint density at radius 3 is 2.91 bits per heavy atom. The van der Waals surface area contributed by atoms with Gasteiger partial charge in [0.1, 0.15) is 4.83 Å². The van der Waals surface area contributed by atoms with E-state index in [2.05, 4.69) is 4.98 Å². The molecule has 1 amide bonds. The third-order valence-electron chi connectivity index (χ3n) is 3.88. The van der Waals surface area contributed by atoms with Crippen molar-refractivity contribution in [1.29, 1.82) is 0 Å². The minimum absolute atomic E-state index is 0.0367. The van der Waals surface area contributed by atoms with Gasteiger partial charge in [-0.05, 0) is 12.5 Å². The van der Waals surface area contributed by atoms with E-state index in [0.717, 1.165) is 11.3 Å². The van der Waals surface area contributed by atoms with Crippen molar-refractivity contribution in [2.45, 2.75) is 13.0 Å². The van der Waals surface area contributed by atoms with E-state index >= 15 is 0 Å². The molecule has 3 rings (SSSR count). The summed E-state index contributed by atoms with van der Waals surface area (Å²) in [6.07, 6.45) is 1.41. The number of ether oxygens (including phenoxy) is 1. The third-order valence-corrected chi connectivity index (χ3v) is 5.07. The van der Waals surface area contributed by atoms with Crippen molar-refractivity contribution in [3.63, 3.8) is 0 Å². The quantitative estimate of drug-likeness (QED) is 0.842. The van der Waals surface area contributed by atoms with Gasteiger partial charge in [-0.2, -0.15) is 0 Å². The monoisotopic (exact) mass is 337 g/mol. The number of rotatable bonds is 2. The number of fused-ring (bicyclic) bond motifs is 1. The highest BCUT2D eigenvalue weighted by molar-refractivity contribution is 7.20. The first kappa shape index (κ1) is 15.6. The van der Waals surface area contributed by atoms with Crippen LogP contribution in [0.5, 0.6) is 0 Å². The highest BCUT2D eigenvalue weighted by Crippen LogP contribution is 2.28. The molecule has 0 unspecified atom stereocenters. The van der Waals surface area contributed by atoms with Crippen molar-refractivity contribution >= 4 is 33.4 Å². The molecule has 8 nitrogen and oxygen atoms in total. The molecule has 0 bridgehead atoms. The lowest BCUT2D eigenvalue weighted by molar-refractivity contribution is -0.147. The molecule has 0 radical (unpaired) electrons. The van der Waals surface area contributed by atoms with Gasteiger partial charge in [-0.1, -0.05) is 0 Å². The zero-order valence-corrected chi connectivity index (χ0v) is 13.4. The molecule has 1 fully saturated rings. The Labute approximate surface area is 134 Å². The van der Waals surface area contributed by atoms with Gasteiger partial charge in [-0.15, -0.1) is 11.3 Å². The second kappa shape index (κ2) is 5.74. The number of thiophene rings is 1. The Morgan fingerprint density at radius 1 is 1.48 bits per heavy atom. The maximum absolute atomic E-state index is 12.8. The summed E-state index contributed by atoms with van der Waals surface area (Å²) in [7, 11) is 1.59. The predicted molar refractivity (Wildman–Crippen MR) is 82.9 cm³/mol. The summed E-state index contributed by atoms with van der Waals surface area (Å²) < 4.78 is 6.50. The highest BCUT2D eigenvalue weighted by Gasteiger charge is 2.35. The fraction of sp³-hybridized carbons (Fsp3) is 0.429. The minimum Gasteiger partial charge on any atom is -0.480 e. The van der Waals surface area contributed by atoms with Crippen LogP contribution < -0.4 is 5.56 Å². The Morgan fingerprint density at radius 2 is 2.22 bits per heavy atom. The first-order valence-corrected chi connectivity index (χ1v) is 7.79. The number of nitrogens with zero attached hydrogens (tertiary/aromatic N) is 3. The largest absolute Gasteiger partial charge is 0.480 e. The fourth-order valence-corrected chi connectivity index (χ4v) is 3.69. The molecule has 0 aliphatic carbocycles. The van der Waals surface area contributed by atoms with Crippen molar-refractivity contribution in [2.24, 2.45) is 7.05 Å². The summed E-state index contributed by atoms with van der Waals surface area (Å²) in [5.74, 6) is -1.51. The lowest BCUT2D eigenvalue weighted by Crippen LogP contribution is -2.52. The van der Waals surface area contributed by atoms with Gasteiger partial charge in [0.25, 0.3) is 11.5 Å². The average molecular weight is 337 g/mol. The van der Waals surface area contributed by atoms with Gasteiger partial charge in [0.15, 0.2) is 6.04 Å². The molecule has 23 heavy (non-hydrogen) atoms. The van der Waals surface area contributed by atoms with Crippen molar-refractivity contribution in [3.8, 4) is 0 Å². The zero-order chi connectivity index (χ0) is 16.7. The van der Waals surface area contributed by atoms with Crippen LogP contribution in [-0.4, -0.2) is 57.2 Å². The normalized spacial score (nSPS) is 18.3. The van der Waals surface area contributed by atoms with Gasteiger partial charge < -0.3 is 19.3 Å². The van der Waals surface area contributed by atoms with E-state index < -0.39 is 17.9 Å². The Kier molecular flexibility index (Phi) is 3.90. The smallest absolute Gasteiger partial charge is 0.328 e. The average Bonchev–Trinajstić information content (AvgIpc) is 2.87. The predicted octanol–water partition coefficient (Wildman–Crippen LogP) is 0.229. The van der Waals surface area contributed by atoms with Crippen LogP contribution >= 0.6 is 11.3 Å². The fourth-order valence-electron chi connectivity index (χ4n) is 2.59. The van der Waals surface area contributed by atoms with Gasteiger partial charge in [0, 0.05) is 13.6 Å². The van der Waals surface area contributed by atoms with Crippen LogP contribution in [-0.2, 0) is 16.6 Å². The summed E-state index contributed by atoms with van der Waals surface area (Å²) >= 11 is 1.11. The number of carbonyl (C=O) groups is 2. The Balaban J connectivity index is 2.07. The zero-order valence-electron chi connectivity index (χ0n) is 12.6. The van der Waals surface area contributed by atoms with E-state index in [-0.39, 0.29) is 18.7 Å². The number of aliphatic carboxylic acids is 1. The molecule has 1 N–H and O–H groups in total. The van der Waals surface area contributed by atoms with Crippen LogP contribution in [0.1, 0.15) is 15.2 Å². The molecule has 3 heterocycles. The van der Waals surface area contributed by atoms with E-state index in [9.17, 15) is 19.5 Å². The molecule has 0 aromatic carbocycles. The number of aryl methyl sites for hydroxylation is 2. The molecule has 1 atom stereocenters. The standard InChI is InChI=1S/C14H15N3O5S/c1-7-9-11(15-6-16(2)12(9)18)23-10(7)13(19)17-3-4-22-5-8(17)14(20)21/h6,8H,3-5H2,1-2H3,(H,20,21)/t8-/m0/s1. The SMILES string of the molecule is Cc1c(C(=O)N2CCOC[C@H]2C(=O)O)sc2ncn(C)c(=O)c12. The summed E-state index contributed by atoms with van der Waals surface area (Å²) in [6, 6.07) is -1.02. The maximum Gasteiger partial charge on any atom is 0.328 e. The van der Waals surface area contributed by atoms with E-state index in [0.29, 0.717) is 27.3 Å². The lowest BCUT2D eigenvalue weighted by Gasteiger charge is -2.32.